The van der Waals surface area contributed by atoms with Crippen LogP contribution in [0.4, 0.5) is 9.18 Å². The van der Waals surface area contributed by atoms with E-state index in [1.54, 1.807) is 31.1 Å². The molecule has 252 valence electrons. The lowest BCUT2D eigenvalue weighted by Crippen LogP contribution is -2.67. The van der Waals surface area contributed by atoms with Crippen LogP contribution in [-0.4, -0.2) is 72.1 Å². The summed E-state index contributed by atoms with van der Waals surface area (Å²) < 4.78 is 25.7. The van der Waals surface area contributed by atoms with E-state index in [0.29, 0.717) is 50.8 Å². The van der Waals surface area contributed by atoms with Crippen molar-refractivity contribution in [3.63, 3.8) is 0 Å². The first kappa shape index (κ1) is 33.6. The van der Waals surface area contributed by atoms with E-state index < -0.39 is 39.9 Å². The average molecular weight is 658 g/mol. The lowest BCUT2D eigenvalue weighted by molar-refractivity contribution is -0.178. The van der Waals surface area contributed by atoms with Gasteiger partial charge in [-0.2, -0.15) is 0 Å². The summed E-state index contributed by atoms with van der Waals surface area (Å²) in [6.07, 6.45) is 11.0. The van der Waals surface area contributed by atoms with Gasteiger partial charge in [-0.3, -0.25) is 4.79 Å². The van der Waals surface area contributed by atoms with Crippen LogP contribution in [0.1, 0.15) is 77.7 Å². The third-order valence-electron chi connectivity index (χ3n) is 13.2. The van der Waals surface area contributed by atoms with Crippen molar-refractivity contribution in [3.05, 3.63) is 58.4 Å². The van der Waals surface area contributed by atoms with Gasteiger partial charge in [-0.25, -0.2) is 9.18 Å². The molecule has 1 aromatic carbocycles. The monoisotopic (exact) mass is 657 g/mol. The number of rotatable bonds is 10. The molecule has 2 bridgehead atoms. The van der Waals surface area contributed by atoms with E-state index in [1.165, 1.54) is 6.07 Å². The molecule has 0 radical (unpaired) electrons. The number of halogens is 2. The molecule has 0 saturated heterocycles. The van der Waals surface area contributed by atoms with Crippen molar-refractivity contribution in [1.29, 1.82) is 0 Å². The molecule has 0 aromatic heterocycles. The molecule has 3 fully saturated rings. The van der Waals surface area contributed by atoms with Crippen LogP contribution >= 0.6 is 11.6 Å². The number of hydrogen-bond acceptors (Lipinski definition) is 6. The molecule has 1 aromatic rings. The number of ketones is 1. The smallest absolute Gasteiger partial charge is 0.409 e. The SMILES string of the molecule is CCOC(=O)N(CCCOC)C[C@]1(O)CC[C@H]2[C@]34C=C[C@@]5(C=C3C(=O)Cc3c(F)cccc3Cl)CC(O)CC[C@]5(C)[C@H]4CC[C@@]21C. The van der Waals surface area contributed by atoms with Gasteiger partial charge in [0, 0.05) is 59.1 Å². The van der Waals surface area contributed by atoms with Crippen LogP contribution in [0.5, 0.6) is 0 Å². The molecule has 0 aliphatic heterocycles. The maximum atomic E-state index is 15.0. The fraction of sp³-hybridized carbons (Fsp3) is 0.676. The van der Waals surface area contributed by atoms with Crippen molar-refractivity contribution in [1.82, 2.24) is 4.90 Å². The van der Waals surface area contributed by atoms with Crippen molar-refractivity contribution in [2.75, 3.05) is 33.4 Å². The Morgan fingerprint density at radius 2 is 1.80 bits per heavy atom. The van der Waals surface area contributed by atoms with Crippen LogP contribution in [0.15, 0.2) is 42.0 Å². The van der Waals surface area contributed by atoms with Gasteiger partial charge in [0.1, 0.15) is 5.82 Å². The maximum Gasteiger partial charge on any atom is 0.409 e. The second kappa shape index (κ2) is 12.0. The fourth-order valence-corrected chi connectivity index (χ4v) is 11.0. The second-order valence-electron chi connectivity index (χ2n) is 15.1. The summed E-state index contributed by atoms with van der Waals surface area (Å²) in [6.45, 7) is 7.51. The van der Waals surface area contributed by atoms with E-state index in [-0.39, 0.29) is 53.2 Å². The number of methoxy groups -OCH3 is 1. The Bertz CT molecular complexity index is 1430. The second-order valence-corrected chi connectivity index (χ2v) is 15.5. The highest BCUT2D eigenvalue weighted by Gasteiger charge is 2.74. The molecule has 8 atom stereocenters. The Labute approximate surface area is 277 Å². The van der Waals surface area contributed by atoms with Crippen molar-refractivity contribution in [2.24, 2.45) is 33.5 Å². The predicted molar refractivity (Wildman–Crippen MR) is 174 cm³/mol. The van der Waals surface area contributed by atoms with Crippen LogP contribution in [-0.2, 0) is 20.7 Å². The minimum Gasteiger partial charge on any atom is -0.450 e. The molecule has 2 spiro atoms. The minimum absolute atomic E-state index is 0.0868. The summed E-state index contributed by atoms with van der Waals surface area (Å²) in [5.74, 6) is -0.633. The van der Waals surface area contributed by atoms with E-state index in [9.17, 15) is 19.8 Å². The standard InChI is InChI=1S/C37H49ClFNO6/c1-5-46-32(43)40(18-7-19-45-4)23-36(44)15-12-31-34(36,3)14-11-30-33(2)13-10-24(41)21-35(33)16-17-37(30,31)26(22-35)29(42)20-25-27(38)8-6-9-28(25)39/h6,8-9,16-17,22,24,30-31,41,44H,5,7,10-15,18-21,23H2,1-4H3/t24?,30-,31-,33-,34+,35+,36-,37-/m1/s1. The number of Topliss-reactive ketones (excluding diaryl/α,β-unsaturated/α-hetero) is 1. The van der Waals surface area contributed by atoms with Gasteiger partial charge in [-0.15, -0.1) is 0 Å². The van der Waals surface area contributed by atoms with Crippen LogP contribution in [0.2, 0.25) is 5.02 Å². The van der Waals surface area contributed by atoms with Crippen molar-refractivity contribution >= 4 is 23.5 Å². The maximum absolute atomic E-state index is 15.0. The number of allylic oxidation sites excluding steroid dienone is 4. The Morgan fingerprint density at radius 3 is 2.52 bits per heavy atom. The van der Waals surface area contributed by atoms with Gasteiger partial charge in [0.15, 0.2) is 5.78 Å². The molecular formula is C37H49ClFNO6. The van der Waals surface area contributed by atoms with E-state index in [0.717, 1.165) is 19.3 Å². The lowest BCUT2D eigenvalue weighted by atomic mass is 9.32. The molecule has 2 N–H and O–H groups in total. The average Bonchev–Trinajstić information content (AvgIpc) is 3.28. The van der Waals surface area contributed by atoms with E-state index in [1.807, 2.05) is 0 Å². The number of aliphatic hydroxyl groups is 2. The summed E-state index contributed by atoms with van der Waals surface area (Å²) in [5.41, 5.74) is -2.28. The van der Waals surface area contributed by atoms with Crippen LogP contribution < -0.4 is 0 Å². The van der Waals surface area contributed by atoms with Crippen LogP contribution in [0.3, 0.4) is 0 Å². The van der Waals surface area contributed by atoms with Crippen molar-refractivity contribution < 1.29 is 33.7 Å². The molecule has 7 rings (SSSR count). The summed E-state index contributed by atoms with van der Waals surface area (Å²) in [6, 6.07) is 4.49. The van der Waals surface area contributed by atoms with Gasteiger partial charge in [-0.1, -0.05) is 49.7 Å². The number of fused-ring (bicyclic) bond motifs is 1. The van der Waals surface area contributed by atoms with Crippen LogP contribution in [0.25, 0.3) is 0 Å². The van der Waals surface area contributed by atoms with E-state index >= 15 is 4.39 Å². The summed E-state index contributed by atoms with van der Waals surface area (Å²) in [7, 11) is 1.62. The number of aliphatic hydroxyl groups excluding tert-OH is 1. The van der Waals surface area contributed by atoms with E-state index in [2.05, 4.69) is 32.1 Å². The largest absolute Gasteiger partial charge is 0.450 e. The molecule has 1 unspecified atom stereocenters. The minimum atomic E-state index is -1.20. The number of amides is 1. The van der Waals surface area contributed by atoms with Gasteiger partial charge in [0.25, 0.3) is 0 Å². The first-order valence-electron chi connectivity index (χ1n) is 17.0. The first-order chi connectivity index (χ1) is 21.8. The third kappa shape index (κ3) is 4.83. The lowest BCUT2D eigenvalue weighted by Gasteiger charge is -2.71. The quantitative estimate of drug-likeness (QED) is 0.215. The fourth-order valence-electron chi connectivity index (χ4n) is 10.8. The number of nitrogens with zero attached hydrogens (tertiary/aromatic N) is 1. The van der Waals surface area contributed by atoms with E-state index in [4.69, 9.17) is 21.1 Å². The molecule has 6 aliphatic rings. The third-order valence-corrected chi connectivity index (χ3v) is 13.5. The zero-order valence-electron chi connectivity index (χ0n) is 27.6. The highest BCUT2D eigenvalue weighted by atomic mass is 35.5. The molecule has 9 heteroatoms. The first-order valence-corrected chi connectivity index (χ1v) is 17.4. The molecule has 6 aliphatic carbocycles. The normalized spacial score (nSPS) is 38.9. The number of hydrogen-bond donors (Lipinski definition) is 2. The van der Waals surface area contributed by atoms with Crippen molar-refractivity contribution in [2.45, 2.75) is 90.3 Å². The van der Waals surface area contributed by atoms with Crippen LogP contribution in [0, 0.1) is 39.3 Å². The highest BCUT2D eigenvalue weighted by molar-refractivity contribution is 6.31. The zero-order chi connectivity index (χ0) is 33.1. The number of carbonyl (C=O) groups excluding carboxylic acids is 2. The molecule has 1 amide bonds. The Morgan fingerprint density at radius 1 is 1.09 bits per heavy atom. The van der Waals surface area contributed by atoms with Gasteiger partial charge < -0.3 is 24.6 Å². The predicted octanol–water partition coefficient (Wildman–Crippen LogP) is 6.68. The summed E-state index contributed by atoms with van der Waals surface area (Å²) >= 11 is 6.43. The topological polar surface area (TPSA) is 96.3 Å². The molecule has 7 nitrogen and oxygen atoms in total. The molecule has 46 heavy (non-hydrogen) atoms. The van der Waals surface area contributed by atoms with Crippen molar-refractivity contribution in [3.8, 4) is 0 Å². The van der Waals surface area contributed by atoms with Gasteiger partial charge in [0.2, 0.25) is 0 Å². The van der Waals surface area contributed by atoms with Gasteiger partial charge >= 0.3 is 6.09 Å². The number of ether oxygens (including phenoxy) is 2. The highest BCUT2D eigenvalue weighted by Crippen LogP contribution is 2.78. The Hall–Kier alpha value is -2.26. The number of carbonyl (C=O) groups is 2. The number of benzene rings is 1. The van der Waals surface area contributed by atoms with Gasteiger partial charge in [0.05, 0.1) is 24.9 Å². The molecular weight excluding hydrogens is 609 g/mol. The van der Waals surface area contributed by atoms with Gasteiger partial charge in [-0.05, 0) is 87.7 Å². The molecule has 0 heterocycles. The summed E-state index contributed by atoms with van der Waals surface area (Å²) in [5, 5.41) is 23.8. The summed E-state index contributed by atoms with van der Waals surface area (Å²) in [4.78, 5) is 29.3. The zero-order valence-corrected chi connectivity index (χ0v) is 28.4. The Kier molecular flexibility index (Phi) is 8.78. The Balaban J connectivity index is 1.42. The molecule has 3 saturated carbocycles.